The van der Waals surface area contributed by atoms with E-state index in [-0.39, 0.29) is 23.3 Å². The highest BCUT2D eigenvalue weighted by Crippen LogP contribution is 2.20. The van der Waals surface area contributed by atoms with E-state index in [0.717, 1.165) is 6.42 Å². The van der Waals surface area contributed by atoms with Gasteiger partial charge in [0.25, 0.3) is 0 Å². The first kappa shape index (κ1) is 14.0. The zero-order valence-electron chi connectivity index (χ0n) is 9.65. The fourth-order valence-electron chi connectivity index (χ4n) is 1.78. The van der Waals surface area contributed by atoms with Gasteiger partial charge in [-0.05, 0) is 12.8 Å². The lowest BCUT2D eigenvalue weighted by atomic mass is 10.1. The van der Waals surface area contributed by atoms with Crippen LogP contribution in [0.1, 0.15) is 19.8 Å². The summed E-state index contributed by atoms with van der Waals surface area (Å²) < 4.78 is 22.5. The Morgan fingerprint density at radius 1 is 1.56 bits per heavy atom. The normalized spacial score (nSPS) is 25.3. The molecule has 0 aromatic rings. The number of nitrogens with zero attached hydrogens (tertiary/aromatic N) is 1. The van der Waals surface area contributed by atoms with Gasteiger partial charge in [-0.1, -0.05) is 22.9 Å². The standard InChI is InChI=1S/C10H18BrNO3S/c1-8(11)3-5-12(2)10(13)9-4-6-16(14,15)7-9/h8-9H,3-7H2,1-2H3. The van der Waals surface area contributed by atoms with Crippen molar-refractivity contribution < 1.29 is 13.2 Å². The van der Waals surface area contributed by atoms with Gasteiger partial charge in [0.2, 0.25) is 5.91 Å². The van der Waals surface area contributed by atoms with Gasteiger partial charge in [0.15, 0.2) is 9.84 Å². The van der Waals surface area contributed by atoms with E-state index in [1.807, 2.05) is 6.92 Å². The molecule has 1 aliphatic rings. The van der Waals surface area contributed by atoms with Crippen LogP contribution in [0.5, 0.6) is 0 Å². The van der Waals surface area contributed by atoms with Crippen molar-refractivity contribution in [2.45, 2.75) is 24.6 Å². The van der Waals surface area contributed by atoms with Crippen LogP contribution in [0.15, 0.2) is 0 Å². The van der Waals surface area contributed by atoms with Crippen LogP contribution in [0.2, 0.25) is 0 Å². The van der Waals surface area contributed by atoms with E-state index in [1.54, 1.807) is 11.9 Å². The molecule has 0 aromatic carbocycles. The predicted molar refractivity (Wildman–Crippen MR) is 67.4 cm³/mol. The largest absolute Gasteiger partial charge is 0.345 e. The maximum Gasteiger partial charge on any atom is 0.226 e. The molecule has 94 valence electrons. The molecule has 6 heteroatoms. The molecule has 1 amide bonds. The van der Waals surface area contributed by atoms with Crippen molar-refractivity contribution in [1.29, 1.82) is 0 Å². The fraction of sp³-hybridized carbons (Fsp3) is 0.900. The van der Waals surface area contributed by atoms with Crippen LogP contribution in [-0.2, 0) is 14.6 Å². The number of alkyl halides is 1. The molecule has 1 rings (SSSR count). The van der Waals surface area contributed by atoms with Crippen LogP contribution in [-0.4, -0.2) is 49.2 Å². The Kier molecular flexibility index (Phi) is 4.79. The summed E-state index contributed by atoms with van der Waals surface area (Å²) >= 11 is 3.42. The molecule has 1 heterocycles. The molecule has 0 spiro atoms. The zero-order chi connectivity index (χ0) is 12.3. The monoisotopic (exact) mass is 311 g/mol. The Hall–Kier alpha value is -0.100. The van der Waals surface area contributed by atoms with Crippen molar-refractivity contribution in [3.63, 3.8) is 0 Å². The highest BCUT2D eigenvalue weighted by molar-refractivity contribution is 9.09. The van der Waals surface area contributed by atoms with Crippen molar-refractivity contribution in [2.24, 2.45) is 5.92 Å². The molecule has 0 aromatic heterocycles. The first-order valence-electron chi connectivity index (χ1n) is 5.41. The van der Waals surface area contributed by atoms with Gasteiger partial charge in [-0.25, -0.2) is 8.42 Å². The lowest BCUT2D eigenvalue weighted by molar-refractivity contribution is -0.133. The summed E-state index contributed by atoms with van der Waals surface area (Å²) in [5.41, 5.74) is 0. The Labute approximate surface area is 105 Å². The molecule has 0 bridgehead atoms. The van der Waals surface area contributed by atoms with Gasteiger partial charge >= 0.3 is 0 Å². The van der Waals surface area contributed by atoms with Crippen LogP contribution in [0.3, 0.4) is 0 Å². The third kappa shape index (κ3) is 4.05. The van der Waals surface area contributed by atoms with Gasteiger partial charge < -0.3 is 4.90 Å². The molecule has 0 aliphatic carbocycles. The molecule has 0 radical (unpaired) electrons. The molecular formula is C10H18BrNO3S. The van der Waals surface area contributed by atoms with Crippen LogP contribution >= 0.6 is 15.9 Å². The second-order valence-electron chi connectivity index (χ2n) is 4.43. The number of hydrogen-bond acceptors (Lipinski definition) is 3. The fourth-order valence-corrected chi connectivity index (χ4v) is 3.72. The second-order valence-corrected chi connectivity index (χ2v) is 8.22. The second kappa shape index (κ2) is 5.49. The molecule has 16 heavy (non-hydrogen) atoms. The third-order valence-corrected chi connectivity index (χ3v) is 5.05. The maximum atomic E-state index is 11.9. The van der Waals surface area contributed by atoms with Crippen molar-refractivity contribution in [2.75, 3.05) is 25.1 Å². The molecule has 0 N–H and O–H groups in total. The Morgan fingerprint density at radius 3 is 2.62 bits per heavy atom. The zero-order valence-corrected chi connectivity index (χ0v) is 12.1. The highest BCUT2D eigenvalue weighted by Gasteiger charge is 2.34. The molecule has 4 nitrogen and oxygen atoms in total. The number of rotatable bonds is 4. The Balaban J connectivity index is 2.46. The van der Waals surface area contributed by atoms with Gasteiger partial charge in [-0.2, -0.15) is 0 Å². The minimum Gasteiger partial charge on any atom is -0.345 e. The van der Waals surface area contributed by atoms with Crippen LogP contribution < -0.4 is 0 Å². The summed E-state index contributed by atoms with van der Waals surface area (Å²) in [6.07, 6.45) is 1.36. The van der Waals surface area contributed by atoms with Gasteiger partial charge in [0, 0.05) is 18.4 Å². The average Bonchev–Trinajstić information content (AvgIpc) is 2.54. The van der Waals surface area contributed by atoms with E-state index in [1.165, 1.54) is 0 Å². The quantitative estimate of drug-likeness (QED) is 0.729. The predicted octanol–water partition coefficient (Wildman–Crippen LogP) is 1.05. The van der Waals surface area contributed by atoms with E-state index in [4.69, 9.17) is 0 Å². The molecule has 1 aliphatic heterocycles. The van der Waals surface area contributed by atoms with Gasteiger partial charge in [0.05, 0.1) is 17.4 Å². The highest BCUT2D eigenvalue weighted by atomic mass is 79.9. The number of amides is 1. The lowest BCUT2D eigenvalue weighted by Gasteiger charge is -2.20. The van der Waals surface area contributed by atoms with E-state index >= 15 is 0 Å². The minimum absolute atomic E-state index is 0.0278. The summed E-state index contributed by atoms with van der Waals surface area (Å²) in [5, 5.41) is 0. The average molecular weight is 312 g/mol. The lowest BCUT2D eigenvalue weighted by Crippen LogP contribution is -2.34. The minimum atomic E-state index is -2.96. The van der Waals surface area contributed by atoms with Gasteiger partial charge in [-0.3, -0.25) is 4.79 Å². The number of hydrogen-bond donors (Lipinski definition) is 0. The third-order valence-electron chi connectivity index (χ3n) is 2.82. The summed E-state index contributed by atoms with van der Waals surface area (Å²) in [6.45, 7) is 2.69. The van der Waals surface area contributed by atoms with Gasteiger partial charge in [-0.15, -0.1) is 0 Å². The molecule has 0 saturated carbocycles. The molecule has 2 atom stereocenters. The van der Waals surface area contributed by atoms with Crippen molar-refractivity contribution in [1.82, 2.24) is 4.90 Å². The Morgan fingerprint density at radius 2 is 2.19 bits per heavy atom. The SMILES string of the molecule is CC(Br)CCN(C)C(=O)C1CCS(=O)(=O)C1. The summed E-state index contributed by atoms with van der Waals surface area (Å²) in [7, 11) is -1.22. The van der Waals surface area contributed by atoms with Crippen LogP contribution in [0.25, 0.3) is 0 Å². The van der Waals surface area contributed by atoms with E-state index < -0.39 is 9.84 Å². The number of carbonyl (C=O) groups is 1. The number of sulfone groups is 1. The number of carbonyl (C=O) groups excluding carboxylic acids is 1. The smallest absolute Gasteiger partial charge is 0.226 e. The summed E-state index contributed by atoms with van der Waals surface area (Å²) in [5.74, 6) is -0.165. The first-order chi connectivity index (χ1) is 7.32. The maximum absolute atomic E-state index is 11.9. The molecule has 1 saturated heterocycles. The van der Waals surface area contributed by atoms with Crippen molar-refractivity contribution >= 4 is 31.7 Å². The topological polar surface area (TPSA) is 54.5 Å². The Bertz CT molecular complexity index is 353. The van der Waals surface area contributed by atoms with E-state index in [2.05, 4.69) is 15.9 Å². The van der Waals surface area contributed by atoms with Crippen molar-refractivity contribution in [3.05, 3.63) is 0 Å². The van der Waals surface area contributed by atoms with Crippen LogP contribution in [0.4, 0.5) is 0 Å². The number of halogens is 1. The first-order valence-corrected chi connectivity index (χ1v) is 8.15. The molecule has 2 unspecified atom stereocenters. The van der Waals surface area contributed by atoms with Gasteiger partial charge in [0.1, 0.15) is 0 Å². The molecular weight excluding hydrogens is 294 g/mol. The molecule has 1 fully saturated rings. The van der Waals surface area contributed by atoms with E-state index in [9.17, 15) is 13.2 Å². The van der Waals surface area contributed by atoms with Crippen molar-refractivity contribution in [3.8, 4) is 0 Å². The summed E-state index contributed by atoms with van der Waals surface area (Å²) in [4.78, 5) is 13.9. The van der Waals surface area contributed by atoms with Crippen LogP contribution in [0, 0.1) is 5.92 Å². The van der Waals surface area contributed by atoms with E-state index in [0.29, 0.717) is 17.8 Å². The summed E-state index contributed by atoms with van der Waals surface area (Å²) in [6, 6.07) is 0.